The van der Waals surface area contributed by atoms with E-state index in [-0.39, 0.29) is 18.1 Å². The molecule has 1 saturated heterocycles. The van der Waals surface area contributed by atoms with Crippen molar-refractivity contribution in [3.8, 4) is 0 Å². The highest BCUT2D eigenvalue weighted by Gasteiger charge is 2.34. The summed E-state index contributed by atoms with van der Waals surface area (Å²) in [6.07, 6.45) is -0.0116. The van der Waals surface area contributed by atoms with Gasteiger partial charge in [-0.15, -0.1) is 0 Å². The van der Waals surface area contributed by atoms with E-state index in [1.807, 2.05) is 0 Å². The molecular formula is C4H9N3O. The molecule has 1 aliphatic heterocycles. The van der Waals surface area contributed by atoms with Gasteiger partial charge in [0.1, 0.15) is 12.2 Å². The van der Waals surface area contributed by atoms with Crippen molar-refractivity contribution >= 4 is 5.91 Å². The van der Waals surface area contributed by atoms with Gasteiger partial charge >= 0.3 is 0 Å². The van der Waals surface area contributed by atoms with E-state index in [0.29, 0.717) is 0 Å². The molecule has 0 aromatic rings. The van der Waals surface area contributed by atoms with E-state index in [9.17, 15) is 4.79 Å². The first-order valence-electron chi connectivity index (χ1n) is 2.49. The predicted octanol–water partition coefficient (Wildman–Crippen LogP) is -2.01. The van der Waals surface area contributed by atoms with Crippen LogP contribution in [0.25, 0.3) is 0 Å². The number of amides is 1. The molecule has 0 unspecified atom stereocenters. The molecule has 4 heteroatoms. The van der Waals surface area contributed by atoms with Crippen molar-refractivity contribution in [1.82, 2.24) is 10.6 Å². The topological polar surface area (TPSA) is 67.1 Å². The van der Waals surface area contributed by atoms with Crippen LogP contribution in [0.4, 0.5) is 0 Å². The van der Waals surface area contributed by atoms with Gasteiger partial charge in [-0.3, -0.25) is 10.1 Å². The molecule has 1 fully saturated rings. The van der Waals surface area contributed by atoms with Crippen LogP contribution in [0.1, 0.15) is 0 Å². The largest absolute Gasteiger partial charge is 0.337 e. The van der Waals surface area contributed by atoms with Gasteiger partial charge in [0, 0.05) is 0 Å². The molecule has 4 nitrogen and oxygen atoms in total. The minimum atomic E-state index is -0.347. The third kappa shape index (κ3) is 0.579. The van der Waals surface area contributed by atoms with Gasteiger partial charge in [0.05, 0.1) is 0 Å². The molecule has 0 aromatic carbocycles. The minimum Gasteiger partial charge on any atom is -0.337 e. The smallest absolute Gasteiger partial charge is 0.241 e. The third-order valence-corrected chi connectivity index (χ3v) is 1.27. The fraction of sp³-hybridized carbons (Fsp3) is 0.750. The van der Waals surface area contributed by atoms with Crippen LogP contribution in [0.3, 0.4) is 0 Å². The molecule has 0 spiro atoms. The summed E-state index contributed by atoms with van der Waals surface area (Å²) in [5, 5.41) is 5.39. The number of nitrogens with one attached hydrogen (secondary N) is 2. The normalized spacial score (nSPS) is 36.0. The van der Waals surface area contributed by atoms with Crippen LogP contribution in [0.2, 0.25) is 0 Å². The van der Waals surface area contributed by atoms with E-state index in [2.05, 4.69) is 10.6 Å². The monoisotopic (exact) mass is 115 g/mol. The van der Waals surface area contributed by atoms with Gasteiger partial charge in [0.25, 0.3) is 0 Å². The standard InChI is InChI=1S/C4H9N3O/c1-6-3-2(5)4(8)7-3/h2-3,6H,5H2,1H3,(H,7,8)/t2-,3-/m1/s1. The quantitative estimate of drug-likeness (QED) is 0.346. The summed E-state index contributed by atoms with van der Waals surface area (Å²) in [7, 11) is 1.75. The Hall–Kier alpha value is -0.610. The second-order valence-corrected chi connectivity index (χ2v) is 1.80. The van der Waals surface area contributed by atoms with Gasteiger partial charge in [-0.2, -0.15) is 0 Å². The lowest BCUT2D eigenvalue weighted by molar-refractivity contribution is -0.130. The zero-order valence-electron chi connectivity index (χ0n) is 4.64. The Morgan fingerprint density at radius 1 is 1.88 bits per heavy atom. The number of β-lactam (4-membered cyclic amide) rings is 1. The van der Waals surface area contributed by atoms with Crippen LogP contribution < -0.4 is 16.4 Å². The Morgan fingerprint density at radius 3 is 2.62 bits per heavy atom. The van der Waals surface area contributed by atoms with Gasteiger partial charge in [0.2, 0.25) is 5.91 Å². The van der Waals surface area contributed by atoms with Crippen LogP contribution >= 0.6 is 0 Å². The highest BCUT2D eigenvalue weighted by molar-refractivity contribution is 5.88. The van der Waals surface area contributed by atoms with Crippen LogP contribution in [-0.4, -0.2) is 25.2 Å². The third-order valence-electron chi connectivity index (χ3n) is 1.27. The van der Waals surface area contributed by atoms with Crippen molar-refractivity contribution in [3.63, 3.8) is 0 Å². The second-order valence-electron chi connectivity index (χ2n) is 1.80. The van der Waals surface area contributed by atoms with Crippen molar-refractivity contribution in [2.45, 2.75) is 12.2 Å². The summed E-state index contributed by atoms with van der Waals surface area (Å²) < 4.78 is 0. The molecular weight excluding hydrogens is 106 g/mol. The number of carbonyl (C=O) groups is 1. The Morgan fingerprint density at radius 2 is 2.50 bits per heavy atom. The lowest BCUT2D eigenvalue weighted by atomic mass is 10.1. The van der Waals surface area contributed by atoms with Crippen LogP contribution in [-0.2, 0) is 4.79 Å². The molecule has 0 aliphatic carbocycles. The van der Waals surface area contributed by atoms with Crippen LogP contribution in [0.15, 0.2) is 0 Å². The molecule has 1 rings (SSSR count). The SMILES string of the molecule is CN[C@@H]1NC(=O)[C@@H]1N. The summed E-state index contributed by atoms with van der Waals surface area (Å²) in [6, 6.07) is -0.347. The van der Waals surface area contributed by atoms with Crippen LogP contribution in [0.5, 0.6) is 0 Å². The van der Waals surface area contributed by atoms with Gasteiger partial charge in [-0.25, -0.2) is 0 Å². The van der Waals surface area contributed by atoms with Gasteiger partial charge in [-0.1, -0.05) is 0 Å². The van der Waals surface area contributed by atoms with Gasteiger partial charge < -0.3 is 11.1 Å². The molecule has 0 bridgehead atoms. The maximum Gasteiger partial charge on any atom is 0.241 e. The van der Waals surface area contributed by atoms with Gasteiger partial charge in [-0.05, 0) is 7.05 Å². The zero-order valence-corrected chi connectivity index (χ0v) is 4.64. The summed E-state index contributed by atoms with van der Waals surface area (Å²) in [5.74, 6) is -0.0793. The van der Waals surface area contributed by atoms with Crippen molar-refractivity contribution in [2.24, 2.45) is 5.73 Å². The number of rotatable bonds is 1. The summed E-state index contributed by atoms with van der Waals surface area (Å²) in [6.45, 7) is 0. The lowest BCUT2D eigenvalue weighted by Gasteiger charge is -2.33. The molecule has 1 aliphatic rings. The number of nitrogens with two attached hydrogens (primary N) is 1. The molecule has 8 heavy (non-hydrogen) atoms. The Kier molecular flexibility index (Phi) is 1.19. The molecule has 0 aromatic heterocycles. The first-order chi connectivity index (χ1) is 3.75. The highest BCUT2D eigenvalue weighted by Crippen LogP contribution is 1.96. The average Bonchev–Trinajstić information content (AvgIpc) is 1.81. The van der Waals surface area contributed by atoms with Crippen LogP contribution in [0, 0.1) is 0 Å². The highest BCUT2D eigenvalue weighted by atomic mass is 16.2. The average molecular weight is 115 g/mol. The van der Waals surface area contributed by atoms with Crippen molar-refractivity contribution in [3.05, 3.63) is 0 Å². The van der Waals surface area contributed by atoms with Gasteiger partial charge in [0.15, 0.2) is 0 Å². The molecule has 1 amide bonds. The number of hydrogen-bond acceptors (Lipinski definition) is 3. The Balaban J connectivity index is 2.35. The fourth-order valence-corrected chi connectivity index (χ4v) is 0.646. The first-order valence-corrected chi connectivity index (χ1v) is 2.49. The molecule has 4 N–H and O–H groups in total. The van der Waals surface area contributed by atoms with E-state index >= 15 is 0 Å². The summed E-state index contributed by atoms with van der Waals surface area (Å²) in [5.41, 5.74) is 5.30. The predicted molar refractivity (Wildman–Crippen MR) is 29.0 cm³/mol. The number of likely N-dealkylation sites (N-methyl/N-ethyl adjacent to an activating group) is 1. The zero-order chi connectivity index (χ0) is 6.15. The lowest BCUT2D eigenvalue weighted by Crippen LogP contribution is -2.71. The van der Waals surface area contributed by atoms with Crippen molar-refractivity contribution < 1.29 is 4.79 Å². The van der Waals surface area contributed by atoms with E-state index in [0.717, 1.165) is 0 Å². The van der Waals surface area contributed by atoms with E-state index < -0.39 is 0 Å². The summed E-state index contributed by atoms with van der Waals surface area (Å²) >= 11 is 0. The van der Waals surface area contributed by atoms with E-state index in [4.69, 9.17) is 5.73 Å². The first kappa shape index (κ1) is 5.53. The maximum absolute atomic E-state index is 10.3. The molecule has 2 atom stereocenters. The Labute approximate surface area is 47.4 Å². The van der Waals surface area contributed by atoms with Crippen molar-refractivity contribution in [1.29, 1.82) is 0 Å². The Bertz CT molecular complexity index is 114. The minimum absolute atomic E-state index is 0.0116. The number of hydrogen-bond donors (Lipinski definition) is 3. The molecule has 0 saturated carbocycles. The second kappa shape index (κ2) is 1.72. The fourth-order valence-electron chi connectivity index (χ4n) is 0.646. The molecule has 1 heterocycles. The number of carbonyl (C=O) groups excluding carboxylic acids is 1. The van der Waals surface area contributed by atoms with E-state index in [1.165, 1.54) is 0 Å². The summed E-state index contributed by atoms with van der Waals surface area (Å²) in [4.78, 5) is 10.3. The van der Waals surface area contributed by atoms with E-state index in [1.54, 1.807) is 7.05 Å². The van der Waals surface area contributed by atoms with Crippen molar-refractivity contribution in [2.75, 3.05) is 7.05 Å². The molecule has 46 valence electrons. The maximum atomic E-state index is 10.3. The molecule has 0 radical (unpaired) electrons.